The minimum absolute atomic E-state index is 0.110. The Kier molecular flexibility index (Phi) is 4.18. The van der Waals surface area contributed by atoms with Crippen LogP contribution in [0.25, 0.3) is 0 Å². The molecule has 0 aromatic rings. The minimum atomic E-state index is -0.207. The molecule has 0 amide bonds. The van der Waals surface area contributed by atoms with Crippen LogP contribution in [0.1, 0.15) is 19.8 Å². The van der Waals surface area contributed by atoms with E-state index >= 15 is 0 Å². The Morgan fingerprint density at radius 1 is 1.77 bits per heavy atom. The van der Waals surface area contributed by atoms with Crippen LogP contribution in [-0.2, 0) is 14.3 Å². The van der Waals surface area contributed by atoms with Crippen LogP contribution in [0, 0.1) is 5.92 Å². The standard InChI is InChI=1S/C9H17NO3/c1-2-13-9(11)5-8(10)7-3-4-12-6-7/h7-8H,2-6,10H2,1H3/t7?,8-/m0/s1. The highest BCUT2D eigenvalue weighted by Gasteiger charge is 2.24. The number of esters is 1. The Morgan fingerprint density at radius 2 is 2.54 bits per heavy atom. The van der Waals surface area contributed by atoms with E-state index in [9.17, 15) is 4.79 Å². The average molecular weight is 187 g/mol. The number of hydrogen-bond donors (Lipinski definition) is 1. The van der Waals surface area contributed by atoms with Gasteiger partial charge in [0.15, 0.2) is 0 Å². The summed E-state index contributed by atoms with van der Waals surface area (Å²) in [5, 5.41) is 0. The van der Waals surface area contributed by atoms with E-state index in [1.54, 1.807) is 6.92 Å². The molecule has 1 aliphatic rings. The van der Waals surface area contributed by atoms with Crippen LogP contribution in [0.2, 0.25) is 0 Å². The molecule has 4 heteroatoms. The highest BCUT2D eigenvalue weighted by Crippen LogP contribution is 2.17. The van der Waals surface area contributed by atoms with E-state index < -0.39 is 0 Å². The highest BCUT2D eigenvalue weighted by atomic mass is 16.5. The number of hydrogen-bond acceptors (Lipinski definition) is 4. The molecule has 76 valence electrons. The lowest BCUT2D eigenvalue weighted by Crippen LogP contribution is -2.33. The first-order valence-electron chi connectivity index (χ1n) is 4.73. The van der Waals surface area contributed by atoms with Crippen LogP contribution >= 0.6 is 0 Å². The zero-order valence-electron chi connectivity index (χ0n) is 7.99. The molecule has 1 aliphatic heterocycles. The molecule has 0 bridgehead atoms. The fraction of sp³-hybridized carbons (Fsp3) is 0.889. The topological polar surface area (TPSA) is 61.5 Å². The van der Waals surface area contributed by atoms with Crippen LogP contribution in [0.3, 0.4) is 0 Å². The Morgan fingerprint density at radius 3 is 3.08 bits per heavy atom. The van der Waals surface area contributed by atoms with Crippen molar-refractivity contribution >= 4 is 5.97 Å². The molecule has 4 nitrogen and oxygen atoms in total. The van der Waals surface area contributed by atoms with Crippen molar-refractivity contribution in [2.75, 3.05) is 19.8 Å². The molecule has 0 saturated carbocycles. The fourth-order valence-corrected chi connectivity index (χ4v) is 1.47. The zero-order valence-corrected chi connectivity index (χ0v) is 7.99. The SMILES string of the molecule is CCOC(=O)C[C@H](N)C1CCOC1. The second-order valence-electron chi connectivity index (χ2n) is 3.30. The highest BCUT2D eigenvalue weighted by molar-refractivity contribution is 5.70. The molecule has 13 heavy (non-hydrogen) atoms. The number of nitrogens with two attached hydrogens (primary N) is 1. The summed E-state index contributed by atoms with van der Waals surface area (Å²) in [7, 11) is 0. The summed E-state index contributed by atoms with van der Waals surface area (Å²) in [6.07, 6.45) is 1.27. The number of carbonyl (C=O) groups excluding carboxylic acids is 1. The maximum atomic E-state index is 11.1. The van der Waals surface area contributed by atoms with Gasteiger partial charge in [-0.1, -0.05) is 0 Å². The van der Waals surface area contributed by atoms with Crippen molar-refractivity contribution in [1.82, 2.24) is 0 Å². The maximum absolute atomic E-state index is 11.1. The van der Waals surface area contributed by atoms with Gasteiger partial charge in [0.25, 0.3) is 0 Å². The second-order valence-corrected chi connectivity index (χ2v) is 3.30. The van der Waals surface area contributed by atoms with Gasteiger partial charge in [0, 0.05) is 18.6 Å². The Bertz CT molecular complexity index is 166. The van der Waals surface area contributed by atoms with Crippen molar-refractivity contribution in [1.29, 1.82) is 0 Å². The molecule has 0 aromatic carbocycles. The molecule has 2 N–H and O–H groups in total. The zero-order chi connectivity index (χ0) is 9.68. The van der Waals surface area contributed by atoms with Crippen molar-refractivity contribution in [3.8, 4) is 0 Å². The smallest absolute Gasteiger partial charge is 0.307 e. The summed E-state index contributed by atoms with van der Waals surface area (Å²) >= 11 is 0. The quantitative estimate of drug-likeness (QED) is 0.643. The van der Waals surface area contributed by atoms with E-state index in [0.717, 1.165) is 13.0 Å². The lowest BCUT2D eigenvalue weighted by molar-refractivity contribution is -0.143. The van der Waals surface area contributed by atoms with Crippen LogP contribution in [0.4, 0.5) is 0 Å². The minimum Gasteiger partial charge on any atom is -0.466 e. The van der Waals surface area contributed by atoms with Crippen LogP contribution < -0.4 is 5.73 Å². The van der Waals surface area contributed by atoms with Crippen molar-refractivity contribution in [3.05, 3.63) is 0 Å². The third-order valence-corrected chi connectivity index (χ3v) is 2.28. The predicted molar refractivity (Wildman–Crippen MR) is 48.2 cm³/mol. The summed E-state index contributed by atoms with van der Waals surface area (Å²) < 4.78 is 10.00. The van der Waals surface area contributed by atoms with E-state index in [1.165, 1.54) is 0 Å². The van der Waals surface area contributed by atoms with Gasteiger partial charge >= 0.3 is 5.97 Å². The van der Waals surface area contributed by atoms with Gasteiger partial charge in [0.2, 0.25) is 0 Å². The molecule has 0 aromatic heterocycles. The summed E-state index contributed by atoms with van der Waals surface area (Å²) in [4.78, 5) is 11.1. The second kappa shape index (κ2) is 5.19. The summed E-state index contributed by atoms with van der Waals surface area (Å²) in [6, 6.07) is -0.110. The summed E-state index contributed by atoms with van der Waals surface area (Å²) in [6.45, 7) is 3.66. The van der Waals surface area contributed by atoms with Crippen molar-refractivity contribution in [3.63, 3.8) is 0 Å². The van der Waals surface area contributed by atoms with Crippen molar-refractivity contribution in [2.24, 2.45) is 11.7 Å². The molecule has 0 radical (unpaired) electrons. The third kappa shape index (κ3) is 3.32. The molecule has 0 spiro atoms. The van der Waals surface area contributed by atoms with E-state index in [0.29, 0.717) is 25.6 Å². The molecule has 1 rings (SSSR count). The lowest BCUT2D eigenvalue weighted by Gasteiger charge is -2.15. The first kappa shape index (κ1) is 10.5. The fourth-order valence-electron chi connectivity index (χ4n) is 1.47. The molecule has 1 saturated heterocycles. The Hall–Kier alpha value is -0.610. The van der Waals surface area contributed by atoms with Gasteiger partial charge in [-0.2, -0.15) is 0 Å². The predicted octanol–water partition coefficient (Wildman–Crippen LogP) is 0.303. The van der Waals surface area contributed by atoms with E-state index in [-0.39, 0.29) is 12.0 Å². The van der Waals surface area contributed by atoms with Gasteiger partial charge < -0.3 is 15.2 Å². The largest absolute Gasteiger partial charge is 0.466 e. The number of carbonyl (C=O) groups is 1. The molecule has 1 unspecified atom stereocenters. The Labute approximate surface area is 78.4 Å². The summed E-state index contributed by atoms with van der Waals surface area (Å²) in [5.74, 6) is 0.117. The Balaban J connectivity index is 2.22. The molecule has 1 fully saturated rings. The normalized spacial score (nSPS) is 24.3. The van der Waals surface area contributed by atoms with Gasteiger partial charge in [-0.25, -0.2) is 0 Å². The van der Waals surface area contributed by atoms with E-state index in [1.807, 2.05) is 0 Å². The van der Waals surface area contributed by atoms with Crippen LogP contribution in [-0.4, -0.2) is 31.8 Å². The van der Waals surface area contributed by atoms with Gasteiger partial charge in [-0.15, -0.1) is 0 Å². The summed E-state index contributed by atoms with van der Waals surface area (Å²) in [5.41, 5.74) is 5.83. The maximum Gasteiger partial charge on any atom is 0.307 e. The van der Waals surface area contributed by atoms with Crippen LogP contribution in [0.15, 0.2) is 0 Å². The van der Waals surface area contributed by atoms with Gasteiger partial charge in [0.05, 0.1) is 19.6 Å². The monoisotopic (exact) mass is 187 g/mol. The molecule has 0 aliphatic carbocycles. The average Bonchev–Trinajstić information content (AvgIpc) is 2.55. The molecule has 2 atom stereocenters. The molecular formula is C9H17NO3. The van der Waals surface area contributed by atoms with Gasteiger partial charge in [-0.05, 0) is 13.3 Å². The van der Waals surface area contributed by atoms with E-state index in [2.05, 4.69) is 0 Å². The number of ether oxygens (including phenoxy) is 2. The molecule has 1 heterocycles. The molecular weight excluding hydrogens is 170 g/mol. The van der Waals surface area contributed by atoms with Gasteiger partial charge in [0.1, 0.15) is 0 Å². The first-order chi connectivity index (χ1) is 6.24. The van der Waals surface area contributed by atoms with E-state index in [4.69, 9.17) is 15.2 Å². The third-order valence-electron chi connectivity index (χ3n) is 2.28. The van der Waals surface area contributed by atoms with Crippen molar-refractivity contribution < 1.29 is 14.3 Å². The number of rotatable bonds is 4. The van der Waals surface area contributed by atoms with Crippen LogP contribution in [0.5, 0.6) is 0 Å². The van der Waals surface area contributed by atoms with Crippen molar-refractivity contribution in [2.45, 2.75) is 25.8 Å². The first-order valence-corrected chi connectivity index (χ1v) is 4.73. The lowest BCUT2D eigenvalue weighted by atomic mass is 9.97. The van der Waals surface area contributed by atoms with Gasteiger partial charge in [-0.3, -0.25) is 4.79 Å².